The summed E-state index contributed by atoms with van der Waals surface area (Å²) in [5, 5.41) is 2.09. The van der Waals surface area contributed by atoms with E-state index < -0.39 is 36.9 Å². The first-order valence-electron chi connectivity index (χ1n) is 4.20. The van der Waals surface area contributed by atoms with Gasteiger partial charge in [0, 0.05) is 6.42 Å². The third-order valence-corrected chi connectivity index (χ3v) is 1.57. The standard InChI is InChI=1S/C8H12F3NO3/c1-5(7(14)15-2)12-6(13)3-4-8(9,10)11/h5H,3-4H2,1-2H3,(H,12,13). The summed E-state index contributed by atoms with van der Waals surface area (Å²) in [4.78, 5) is 21.7. The Kier molecular flexibility index (Phi) is 5.10. The molecule has 0 aromatic carbocycles. The molecule has 4 nitrogen and oxygen atoms in total. The molecule has 0 spiro atoms. The summed E-state index contributed by atoms with van der Waals surface area (Å²) >= 11 is 0. The van der Waals surface area contributed by atoms with Crippen LogP contribution in [0.3, 0.4) is 0 Å². The molecule has 7 heteroatoms. The fourth-order valence-electron chi connectivity index (χ4n) is 0.805. The number of esters is 1. The number of alkyl halides is 3. The van der Waals surface area contributed by atoms with Crippen LogP contribution in [0.1, 0.15) is 19.8 Å². The van der Waals surface area contributed by atoms with Crippen LogP contribution in [0.25, 0.3) is 0 Å². The average molecular weight is 227 g/mol. The minimum absolute atomic E-state index is 0.690. The van der Waals surface area contributed by atoms with Crippen molar-refractivity contribution in [2.75, 3.05) is 7.11 Å². The van der Waals surface area contributed by atoms with Crippen molar-refractivity contribution in [1.29, 1.82) is 0 Å². The maximum absolute atomic E-state index is 11.7. The van der Waals surface area contributed by atoms with E-state index in [1.165, 1.54) is 6.92 Å². The van der Waals surface area contributed by atoms with Gasteiger partial charge in [-0.1, -0.05) is 0 Å². The second-order valence-corrected chi connectivity index (χ2v) is 2.93. The Morgan fingerprint density at radius 1 is 1.40 bits per heavy atom. The predicted molar refractivity (Wildman–Crippen MR) is 44.9 cm³/mol. The lowest BCUT2D eigenvalue weighted by atomic mass is 10.2. The van der Waals surface area contributed by atoms with E-state index in [4.69, 9.17) is 0 Å². The Balaban J connectivity index is 3.89. The molecule has 0 radical (unpaired) electrons. The number of halogens is 3. The Bertz CT molecular complexity index is 240. The number of carbonyl (C=O) groups excluding carboxylic acids is 2. The molecule has 1 amide bonds. The molecule has 0 aromatic rings. The summed E-state index contributed by atoms with van der Waals surface area (Å²) in [5.41, 5.74) is 0. The van der Waals surface area contributed by atoms with Gasteiger partial charge in [-0.25, -0.2) is 4.79 Å². The van der Waals surface area contributed by atoms with E-state index in [1.54, 1.807) is 0 Å². The highest BCUT2D eigenvalue weighted by Crippen LogP contribution is 2.20. The van der Waals surface area contributed by atoms with Gasteiger partial charge in [0.15, 0.2) is 0 Å². The lowest BCUT2D eigenvalue weighted by Crippen LogP contribution is -2.39. The van der Waals surface area contributed by atoms with Crippen LogP contribution in [0.2, 0.25) is 0 Å². The number of nitrogens with one attached hydrogen (secondary N) is 1. The average Bonchev–Trinajstić information content (AvgIpc) is 2.12. The number of methoxy groups -OCH3 is 1. The van der Waals surface area contributed by atoms with Crippen molar-refractivity contribution < 1.29 is 27.5 Å². The quantitative estimate of drug-likeness (QED) is 0.729. The second kappa shape index (κ2) is 5.57. The highest BCUT2D eigenvalue weighted by molar-refractivity contribution is 5.84. The van der Waals surface area contributed by atoms with E-state index in [0.717, 1.165) is 7.11 Å². The van der Waals surface area contributed by atoms with Crippen LogP contribution in [0.15, 0.2) is 0 Å². The highest BCUT2D eigenvalue weighted by atomic mass is 19.4. The van der Waals surface area contributed by atoms with E-state index in [-0.39, 0.29) is 0 Å². The number of hydrogen-bond acceptors (Lipinski definition) is 3. The molecular formula is C8H12F3NO3. The first kappa shape index (κ1) is 13.7. The molecule has 0 saturated carbocycles. The number of hydrogen-bond donors (Lipinski definition) is 1. The van der Waals surface area contributed by atoms with Crippen LogP contribution in [-0.2, 0) is 14.3 Å². The molecule has 15 heavy (non-hydrogen) atoms. The van der Waals surface area contributed by atoms with E-state index in [1.807, 2.05) is 0 Å². The normalized spacial score (nSPS) is 13.1. The molecule has 1 atom stereocenters. The number of rotatable bonds is 4. The van der Waals surface area contributed by atoms with Gasteiger partial charge in [0.25, 0.3) is 0 Å². The van der Waals surface area contributed by atoms with Gasteiger partial charge in [-0.2, -0.15) is 13.2 Å². The lowest BCUT2D eigenvalue weighted by molar-refractivity contribution is -0.147. The van der Waals surface area contributed by atoms with Gasteiger partial charge in [-0.3, -0.25) is 4.79 Å². The summed E-state index contributed by atoms with van der Waals surface area (Å²) in [6, 6.07) is -0.935. The van der Waals surface area contributed by atoms with Crippen LogP contribution in [0, 0.1) is 0 Å². The Labute approximate surface area is 84.8 Å². The SMILES string of the molecule is COC(=O)C(C)NC(=O)CCC(F)(F)F. The zero-order chi connectivity index (χ0) is 12.1. The second-order valence-electron chi connectivity index (χ2n) is 2.93. The van der Waals surface area contributed by atoms with Crippen LogP contribution < -0.4 is 5.32 Å². The summed E-state index contributed by atoms with van der Waals surface area (Å²) in [7, 11) is 1.13. The summed E-state index contributed by atoms with van der Waals surface area (Å²) in [6.45, 7) is 1.33. The van der Waals surface area contributed by atoms with Crippen molar-refractivity contribution in [3.8, 4) is 0 Å². The first-order valence-corrected chi connectivity index (χ1v) is 4.20. The van der Waals surface area contributed by atoms with E-state index in [9.17, 15) is 22.8 Å². The zero-order valence-electron chi connectivity index (χ0n) is 8.35. The maximum Gasteiger partial charge on any atom is 0.389 e. The van der Waals surface area contributed by atoms with Crippen molar-refractivity contribution in [3.63, 3.8) is 0 Å². The summed E-state index contributed by atoms with van der Waals surface area (Å²) in [5.74, 6) is -1.53. The topological polar surface area (TPSA) is 55.4 Å². The molecule has 0 aromatic heterocycles. The molecule has 0 aliphatic heterocycles. The molecule has 1 unspecified atom stereocenters. The third-order valence-electron chi connectivity index (χ3n) is 1.57. The fraction of sp³-hybridized carbons (Fsp3) is 0.750. The van der Waals surface area contributed by atoms with Gasteiger partial charge < -0.3 is 10.1 Å². The highest BCUT2D eigenvalue weighted by Gasteiger charge is 2.28. The Morgan fingerprint density at radius 3 is 2.33 bits per heavy atom. The van der Waals surface area contributed by atoms with Gasteiger partial charge in [-0.15, -0.1) is 0 Å². The monoisotopic (exact) mass is 227 g/mol. The summed E-state index contributed by atoms with van der Waals surface area (Å²) in [6.07, 6.45) is -6.26. The van der Waals surface area contributed by atoms with Crippen LogP contribution in [0.4, 0.5) is 13.2 Å². The maximum atomic E-state index is 11.7. The van der Waals surface area contributed by atoms with Crippen molar-refractivity contribution >= 4 is 11.9 Å². The molecule has 0 aliphatic rings. The van der Waals surface area contributed by atoms with Gasteiger partial charge in [0.2, 0.25) is 5.91 Å². The third kappa shape index (κ3) is 6.75. The fourth-order valence-corrected chi connectivity index (χ4v) is 0.805. The van der Waals surface area contributed by atoms with E-state index in [0.29, 0.717) is 0 Å². The largest absolute Gasteiger partial charge is 0.467 e. The molecular weight excluding hydrogens is 215 g/mol. The molecule has 0 heterocycles. The van der Waals surface area contributed by atoms with E-state index >= 15 is 0 Å². The minimum atomic E-state index is -4.37. The smallest absolute Gasteiger partial charge is 0.389 e. The first-order chi connectivity index (χ1) is 6.76. The molecule has 0 saturated heterocycles. The molecule has 0 rings (SSSR count). The zero-order valence-corrected chi connectivity index (χ0v) is 8.35. The van der Waals surface area contributed by atoms with Gasteiger partial charge >= 0.3 is 12.1 Å². The van der Waals surface area contributed by atoms with Crippen LogP contribution >= 0.6 is 0 Å². The molecule has 0 aliphatic carbocycles. The van der Waals surface area contributed by atoms with Crippen molar-refractivity contribution in [3.05, 3.63) is 0 Å². The Morgan fingerprint density at radius 2 is 1.93 bits per heavy atom. The number of ether oxygens (including phenoxy) is 1. The molecule has 1 N–H and O–H groups in total. The van der Waals surface area contributed by atoms with Gasteiger partial charge in [0.1, 0.15) is 6.04 Å². The van der Waals surface area contributed by atoms with Gasteiger partial charge in [-0.05, 0) is 6.92 Å². The van der Waals surface area contributed by atoms with Crippen molar-refractivity contribution in [2.24, 2.45) is 0 Å². The predicted octanol–water partition coefficient (Wildman–Crippen LogP) is 1.01. The van der Waals surface area contributed by atoms with Crippen molar-refractivity contribution in [1.82, 2.24) is 5.32 Å². The number of amides is 1. The Hall–Kier alpha value is -1.27. The minimum Gasteiger partial charge on any atom is -0.467 e. The molecule has 0 bridgehead atoms. The van der Waals surface area contributed by atoms with Crippen molar-refractivity contribution in [2.45, 2.75) is 32.0 Å². The van der Waals surface area contributed by atoms with Crippen LogP contribution in [-0.4, -0.2) is 31.2 Å². The van der Waals surface area contributed by atoms with Crippen LogP contribution in [0.5, 0.6) is 0 Å². The molecule has 88 valence electrons. The van der Waals surface area contributed by atoms with E-state index in [2.05, 4.69) is 10.1 Å². The summed E-state index contributed by atoms with van der Waals surface area (Å²) < 4.78 is 39.4. The van der Waals surface area contributed by atoms with Gasteiger partial charge in [0.05, 0.1) is 13.5 Å². The number of carbonyl (C=O) groups is 2. The lowest BCUT2D eigenvalue weighted by Gasteiger charge is -2.11. The molecule has 0 fully saturated rings.